The van der Waals surface area contributed by atoms with Crippen molar-refractivity contribution in [3.8, 4) is 0 Å². The first-order chi connectivity index (χ1) is 11.7. The molecule has 9 nitrogen and oxygen atoms in total. The van der Waals surface area contributed by atoms with Crippen LogP contribution in [-0.2, 0) is 19.1 Å². The van der Waals surface area contributed by atoms with Crippen LogP contribution >= 0.6 is 0 Å². The van der Waals surface area contributed by atoms with E-state index in [1.807, 2.05) is 4.98 Å². The van der Waals surface area contributed by atoms with Crippen LogP contribution in [0.1, 0.15) is 32.9 Å². The van der Waals surface area contributed by atoms with Gasteiger partial charge in [-0.05, 0) is 13.8 Å². The topological polar surface area (TPSA) is 128 Å². The van der Waals surface area contributed by atoms with E-state index in [4.69, 9.17) is 9.47 Å². The highest BCUT2D eigenvalue weighted by atomic mass is 19.1. The average Bonchev–Trinajstić information content (AvgIpc) is 2.76. The number of nitrogens with one attached hydrogen (secondary N) is 1. The highest BCUT2D eigenvalue weighted by Crippen LogP contribution is 2.42. The Morgan fingerprint density at radius 3 is 2.68 bits per heavy atom. The minimum absolute atomic E-state index is 0.0536. The molecule has 10 heteroatoms. The van der Waals surface area contributed by atoms with Crippen LogP contribution in [0.25, 0.3) is 0 Å². The molecule has 0 aromatic carbocycles. The number of aromatic amines is 1. The molecule has 0 bridgehead atoms. The summed E-state index contributed by atoms with van der Waals surface area (Å²) in [6.45, 7) is 1.72. The van der Waals surface area contributed by atoms with Gasteiger partial charge in [-0.15, -0.1) is 0 Å². The van der Waals surface area contributed by atoms with Gasteiger partial charge in [0.2, 0.25) is 0 Å². The SMILES string of the molecule is CC(=O)CCC(=O)O[C@@H]1C(CO)OC(n2ccc(=O)[nH]c2=O)[C@]1(C)F. The normalized spacial score (nSPS) is 28.7. The van der Waals surface area contributed by atoms with Crippen molar-refractivity contribution >= 4 is 11.8 Å². The number of carbonyl (C=O) groups is 2. The summed E-state index contributed by atoms with van der Waals surface area (Å²) in [5.74, 6) is -1.04. The molecule has 4 atom stereocenters. The number of alkyl halides is 1. The van der Waals surface area contributed by atoms with Crippen LogP contribution in [0.2, 0.25) is 0 Å². The number of hydrogen-bond acceptors (Lipinski definition) is 7. The van der Waals surface area contributed by atoms with Gasteiger partial charge in [-0.1, -0.05) is 0 Å². The molecule has 2 heterocycles. The van der Waals surface area contributed by atoms with E-state index >= 15 is 4.39 Å². The summed E-state index contributed by atoms with van der Waals surface area (Å²) in [7, 11) is 0. The number of ketones is 1. The summed E-state index contributed by atoms with van der Waals surface area (Å²) in [5, 5.41) is 9.40. The lowest BCUT2D eigenvalue weighted by atomic mass is 9.98. The Morgan fingerprint density at radius 1 is 1.44 bits per heavy atom. The van der Waals surface area contributed by atoms with Crippen LogP contribution in [0, 0.1) is 0 Å². The third-order valence-corrected chi connectivity index (χ3v) is 3.90. The van der Waals surface area contributed by atoms with Crippen LogP contribution in [0.15, 0.2) is 21.9 Å². The van der Waals surface area contributed by atoms with Crippen LogP contribution in [0.4, 0.5) is 4.39 Å². The van der Waals surface area contributed by atoms with Crippen LogP contribution in [0.5, 0.6) is 0 Å². The molecular weight excluding hydrogens is 339 g/mol. The van der Waals surface area contributed by atoms with Crippen molar-refractivity contribution < 1.29 is 28.6 Å². The summed E-state index contributed by atoms with van der Waals surface area (Å²) in [4.78, 5) is 47.7. The second kappa shape index (κ2) is 7.28. The zero-order valence-electron chi connectivity index (χ0n) is 13.7. The molecule has 0 radical (unpaired) electrons. The van der Waals surface area contributed by atoms with Gasteiger partial charge in [-0.2, -0.15) is 0 Å². The Morgan fingerprint density at radius 2 is 2.12 bits per heavy atom. The Bertz CT molecular complexity index is 770. The number of ether oxygens (including phenoxy) is 2. The molecule has 138 valence electrons. The molecular formula is C15H19FN2O7. The molecule has 1 aliphatic rings. The number of rotatable bonds is 6. The third-order valence-electron chi connectivity index (χ3n) is 3.90. The fourth-order valence-electron chi connectivity index (χ4n) is 2.63. The summed E-state index contributed by atoms with van der Waals surface area (Å²) in [6.07, 6.45) is -3.44. The molecule has 0 spiro atoms. The van der Waals surface area contributed by atoms with Crippen LogP contribution in [-0.4, -0.2) is 50.9 Å². The van der Waals surface area contributed by atoms with E-state index < -0.39 is 47.9 Å². The first-order valence-electron chi connectivity index (χ1n) is 7.62. The van der Waals surface area contributed by atoms with Gasteiger partial charge in [0.25, 0.3) is 5.56 Å². The van der Waals surface area contributed by atoms with Crippen molar-refractivity contribution in [2.45, 2.75) is 50.8 Å². The van der Waals surface area contributed by atoms with Crippen molar-refractivity contribution in [3.05, 3.63) is 33.1 Å². The number of Topliss-reactive ketones (excluding diaryl/α,β-unsaturated/α-hetero) is 1. The van der Waals surface area contributed by atoms with E-state index in [0.717, 1.165) is 23.8 Å². The molecule has 2 N–H and O–H groups in total. The molecule has 25 heavy (non-hydrogen) atoms. The molecule has 1 aliphatic heterocycles. The smallest absolute Gasteiger partial charge is 0.330 e. The van der Waals surface area contributed by atoms with E-state index in [9.17, 15) is 24.3 Å². The maximum atomic E-state index is 15.3. The molecule has 2 unspecified atom stereocenters. The van der Waals surface area contributed by atoms with Gasteiger partial charge >= 0.3 is 11.7 Å². The summed E-state index contributed by atoms with van der Waals surface area (Å²) in [6, 6.07) is 1.01. The van der Waals surface area contributed by atoms with Gasteiger partial charge in [0.05, 0.1) is 13.0 Å². The number of halogens is 1. The number of aromatic nitrogens is 2. The first-order valence-corrected chi connectivity index (χ1v) is 7.62. The maximum Gasteiger partial charge on any atom is 0.330 e. The molecule has 1 aromatic rings. The predicted octanol–water partition coefficient (Wildman–Crippen LogP) is -0.564. The zero-order valence-corrected chi connectivity index (χ0v) is 13.7. The van der Waals surface area contributed by atoms with Crippen molar-refractivity contribution in [1.82, 2.24) is 9.55 Å². The summed E-state index contributed by atoms with van der Waals surface area (Å²) < 4.78 is 26.5. The second-order valence-electron chi connectivity index (χ2n) is 5.99. The lowest BCUT2D eigenvalue weighted by molar-refractivity contribution is -0.159. The van der Waals surface area contributed by atoms with Gasteiger partial charge in [0.1, 0.15) is 11.9 Å². The largest absolute Gasteiger partial charge is 0.456 e. The van der Waals surface area contributed by atoms with Gasteiger partial charge in [-0.25, -0.2) is 9.18 Å². The number of H-pyrrole nitrogens is 1. The lowest BCUT2D eigenvalue weighted by Crippen LogP contribution is -2.46. The fraction of sp³-hybridized carbons (Fsp3) is 0.600. The Hall–Kier alpha value is -2.33. The molecule has 1 aromatic heterocycles. The van der Waals surface area contributed by atoms with Crippen molar-refractivity contribution in [3.63, 3.8) is 0 Å². The summed E-state index contributed by atoms with van der Waals surface area (Å²) >= 11 is 0. The van der Waals surface area contributed by atoms with Gasteiger partial charge in [0, 0.05) is 18.7 Å². The minimum Gasteiger partial charge on any atom is -0.456 e. The number of nitrogens with zero attached hydrogens (tertiary/aromatic N) is 1. The molecule has 0 amide bonds. The second-order valence-corrected chi connectivity index (χ2v) is 5.99. The highest BCUT2D eigenvalue weighted by Gasteiger charge is 2.57. The minimum atomic E-state index is -2.36. The van der Waals surface area contributed by atoms with E-state index in [1.165, 1.54) is 6.92 Å². The van der Waals surface area contributed by atoms with Gasteiger partial charge < -0.3 is 19.4 Å². The van der Waals surface area contributed by atoms with Crippen molar-refractivity contribution in [1.29, 1.82) is 0 Å². The molecule has 0 aliphatic carbocycles. The molecule has 0 saturated carbocycles. The van der Waals surface area contributed by atoms with Crippen molar-refractivity contribution in [2.75, 3.05) is 6.61 Å². The fourth-order valence-corrected chi connectivity index (χ4v) is 2.63. The highest BCUT2D eigenvalue weighted by molar-refractivity contribution is 5.81. The number of aliphatic hydroxyl groups excluding tert-OH is 1. The Labute approximate surface area is 141 Å². The van der Waals surface area contributed by atoms with Crippen LogP contribution in [0.3, 0.4) is 0 Å². The standard InChI is InChI=1S/C15H19FN2O7/c1-8(20)3-4-11(22)25-12-9(7-19)24-13(15(12,2)16)18-6-5-10(21)17-14(18)23/h5-6,9,12-13,19H,3-4,7H2,1-2H3,(H,17,21,23)/t9?,12-,13?,15-/m1/s1. The van der Waals surface area contributed by atoms with E-state index in [2.05, 4.69) is 0 Å². The van der Waals surface area contributed by atoms with E-state index in [-0.39, 0.29) is 18.6 Å². The first kappa shape index (κ1) is 19.0. The Balaban J connectivity index is 2.26. The van der Waals surface area contributed by atoms with Crippen molar-refractivity contribution in [2.24, 2.45) is 0 Å². The average molecular weight is 358 g/mol. The third kappa shape index (κ3) is 4.02. The number of hydrogen-bond donors (Lipinski definition) is 2. The lowest BCUT2D eigenvalue weighted by Gasteiger charge is -2.27. The Kier molecular flexibility index (Phi) is 5.53. The quantitative estimate of drug-likeness (QED) is 0.652. The monoisotopic (exact) mass is 358 g/mol. The summed E-state index contributed by atoms with van der Waals surface area (Å²) in [5.41, 5.74) is -3.92. The molecule has 1 fully saturated rings. The number of aliphatic hydroxyl groups is 1. The van der Waals surface area contributed by atoms with E-state index in [0.29, 0.717) is 0 Å². The number of carbonyl (C=O) groups excluding carboxylic acids is 2. The molecule has 2 rings (SSSR count). The van der Waals surface area contributed by atoms with Crippen LogP contribution < -0.4 is 11.2 Å². The predicted molar refractivity (Wildman–Crippen MR) is 81.6 cm³/mol. The van der Waals surface area contributed by atoms with E-state index in [1.54, 1.807) is 0 Å². The molecule has 1 saturated heterocycles. The van der Waals surface area contributed by atoms with Gasteiger partial charge in [-0.3, -0.25) is 19.1 Å². The zero-order chi connectivity index (χ0) is 18.8. The van der Waals surface area contributed by atoms with Gasteiger partial charge in [0.15, 0.2) is 18.0 Å². The number of esters is 1. The maximum absolute atomic E-state index is 15.3.